The van der Waals surface area contributed by atoms with Gasteiger partial charge in [-0.3, -0.25) is 4.79 Å². The van der Waals surface area contributed by atoms with Crippen molar-refractivity contribution in [3.8, 4) is 0 Å². The molecule has 0 rings (SSSR count). The summed E-state index contributed by atoms with van der Waals surface area (Å²) in [6.45, 7) is 2.49. The lowest BCUT2D eigenvalue weighted by Crippen LogP contribution is -2.27. The quantitative estimate of drug-likeness (QED) is 0.600. The van der Waals surface area contributed by atoms with Crippen LogP contribution in [0, 0.1) is 0 Å². The topological polar surface area (TPSA) is 89.3 Å². The lowest BCUT2D eigenvalue weighted by Gasteiger charge is -2.01. The summed E-state index contributed by atoms with van der Waals surface area (Å²) < 4.78 is 20.8. The van der Waals surface area contributed by atoms with Crippen LogP contribution in [0.3, 0.4) is 0 Å². The fourth-order valence-corrected chi connectivity index (χ4v) is 1.06. The molecule has 0 aliphatic heterocycles. The van der Waals surface area contributed by atoms with E-state index in [9.17, 15) is 13.2 Å². The monoisotopic (exact) mass is 194 g/mol. The molecule has 0 fully saturated rings. The van der Waals surface area contributed by atoms with Crippen molar-refractivity contribution in [1.82, 2.24) is 5.32 Å². The van der Waals surface area contributed by atoms with Gasteiger partial charge in [0.1, 0.15) is 0 Å². The van der Waals surface area contributed by atoms with Crippen LogP contribution in [-0.2, 0) is 14.8 Å². The van der Waals surface area contributed by atoms with E-state index in [2.05, 4.69) is 5.32 Å². The number of nitrogens with one attached hydrogen (secondary N) is 1. The summed E-state index contributed by atoms with van der Waals surface area (Å²) in [5.74, 6) is -0.561. The molecular formula is C6H14N2O3S. The first-order chi connectivity index (χ1) is 5.45. The van der Waals surface area contributed by atoms with Crippen molar-refractivity contribution < 1.29 is 13.2 Å². The van der Waals surface area contributed by atoms with Crippen LogP contribution in [0.25, 0.3) is 0 Å². The van der Waals surface area contributed by atoms with Gasteiger partial charge in [0, 0.05) is 13.0 Å². The molecule has 0 saturated carbocycles. The second kappa shape index (κ2) is 5.10. The number of amides is 1. The SMILES string of the molecule is CCCNC(=O)CCS(N)(=O)=O. The first kappa shape index (κ1) is 11.4. The van der Waals surface area contributed by atoms with Crippen LogP contribution in [0.15, 0.2) is 0 Å². The number of carbonyl (C=O) groups is 1. The summed E-state index contributed by atoms with van der Waals surface area (Å²) in [5, 5.41) is 7.25. The van der Waals surface area contributed by atoms with Crippen LogP contribution in [0.1, 0.15) is 19.8 Å². The number of hydrogen-bond donors (Lipinski definition) is 2. The van der Waals surface area contributed by atoms with E-state index in [0.29, 0.717) is 6.54 Å². The number of primary sulfonamides is 1. The Bertz CT molecular complexity index is 235. The van der Waals surface area contributed by atoms with Gasteiger partial charge in [0.05, 0.1) is 5.75 Å². The molecule has 0 aromatic rings. The molecule has 0 heterocycles. The normalized spacial score (nSPS) is 11.2. The lowest BCUT2D eigenvalue weighted by atomic mass is 10.4. The van der Waals surface area contributed by atoms with Crippen LogP contribution in [0.5, 0.6) is 0 Å². The van der Waals surface area contributed by atoms with Crippen molar-refractivity contribution >= 4 is 15.9 Å². The molecule has 0 aromatic heterocycles. The standard InChI is InChI=1S/C6H14N2O3S/c1-2-4-8-6(9)3-5-12(7,10)11/h2-5H2,1H3,(H,8,9)(H2,7,10,11). The number of hydrogen-bond acceptors (Lipinski definition) is 3. The smallest absolute Gasteiger partial charge is 0.221 e. The zero-order valence-electron chi connectivity index (χ0n) is 7.04. The molecule has 1 amide bonds. The Hall–Kier alpha value is -0.620. The average molecular weight is 194 g/mol. The third-order valence-electron chi connectivity index (χ3n) is 1.19. The van der Waals surface area contributed by atoms with Gasteiger partial charge in [-0.2, -0.15) is 0 Å². The van der Waals surface area contributed by atoms with E-state index in [1.165, 1.54) is 0 Å². The highest BCUT2D eigenvalue weighted by Crippen LogP contribution is 1.85. The highest BCUT2D eigenvalue weighted by Gasteiger charge is 2.06. The van der Waals surface area contributed by atoms with Crippen molar-refractivity contribution in [2.24, 2.45) is 5.14 Å². The van der Waals surface area contributed by atoms with Gasteiger partial charge in [-0.1, -0.05) is 6.92 Å². The summed E-state index contributed by atoms with van der Waals surface area (Å²) in [5.41, 5.74) is 0. The zero-order chi connectivity index (χ0) is 9.61. The molecule has 6 heteroatoms. The van der Waals surface area contributed by atoms with E-state index < -0.39 is 10.0 Å². The van der Waals surface area contributed by atoms with Gasteiger partial charge < -0.3 is 5.32 Å². The van der Waals surface area contributed by atoms with Crippen LogP contribution in [-0.4, -0.2) is 26.6 Å². The molecule has 0 radical (unpaired) electrons. The summed E-state index contributed by atoms with van der Waals surface area (Å²) in [4.78, 5) is 10.8. The molecule has 0 unspecified atom stereocenters. The molecule has 72 valence electrons. The van der Waals surface area contributed by atoms with Gasteiger partial charge in [0.2, 0.25) is 15.9 Å². The summed E-state index contributed by atoms with van der Waals surface area (Å²) in [6.07, 6.45) is 0.778. The van der Waals surface area contributed by atoms with E-state index >= 15 is 0 Å². The predicted octanol–water partition coefficient (Wildman–Crippen LogP) is -0.809. The van der Waals surface area contributed by atoms with Crippen LogP contribution in [0.2, 0.25) is 0 Å². The Morgan fingerprint density at radius 2 is 2.08 bits per heavy atom. The molecule has 0 aliphatic carbocycles. The van der Waals surface area contributed by atoms with Gasteiger partial charge in [0.25, 0.3) is 0 Å². The first-order valence-corrected chi connectivity index (χ1v) is 5.44. The molecular weight excluding hydrogens is 180 g/mol. The molecule has 0 aliphatic rings. The van der Waals surface area contributed by atoms with E-state index in [4.69, 9.17) is 5.14 Å². The van der Waals surface area contributed by atoms with Crippen molar-refractivity contribution in [3.05, 3.63) is 0 Å². The minimum atomic E-state index is -3.51. The Morgan fingerprint density at radius 1 is 1.50 bits per heavy atom. The molecule has 12 heavy (non-hydrogen) atoms. The fraction of sp³-hybridized carbons (Fsp3) is 0.833. The maximum atomic E-state index is 10.8. The molecule has 0 bridgehead atoms. The highest BCUT2D eigenvalue weighted by molar-refractivity contribution is 7.89. The van der Waals surface area contributed by atoms with Gasteiger partial charge in [-0.15, -0.1) is 0 Å². The van der Waals surface area contributed by atoms with Crippen LogP contribution < -0.4 is 10.5 Å². The number of rotatable bonds is 5. The van der Waals surface area contributed by atoms with Crippen molar-refractivity contribution in [3.63, 3.8) is 0 Å². The van der Waals surface area contributed by atoms with Crippen molar-refractivity contribution in [1.29, 1.82) is 0 Å². The summed E-state index contributed by atoms with van der Waals surface area (Å²) in [6, 6.07) is 0. The van der Waals surface area contributed by atoms with E-state index in [1.807, 2.05) is 6.92 Å². The lowest BCUT2D eigenvalue weighted by molar-refractivity contribution is -0.120. The molecule has 3 N–H and O–H groups in total. The Balaban J connectivity index is 3.58. The third kappa shape index (κ3) is 7.49. The van der Waals surface area contributed by atoms with Gasteiger partial charge >= 0.3 is 0 Å². The molecule has 0 saturated heterocycles. The Labute approximate surface area is 72.4 Å². The number of sulfonamides is 1. The first-order valence-electron chi connectivity index (χ1n) is 3.73. The summed E-state index contributed by atoms with van der Waals surface area (Å²) in [7, 11) is -3.51. The third-order valence-corrected chi connectivity index (χ3v) is 1.96. The van der Waals surface area contributed by atoms with Crippen molar-refractivity contribution in [2.45, 2.75) is 19.8 Å². The van der Waals surface area contributed by atoms with Crippen LogP contribution in [0.4, 0.5) is 0 Å². The number of nitrogens with two attached hydrogens (primary N) is 1. The average Bonchev–Trinajstić information content (AvgIpc) is 1.95. The van der Waals surface area contributed by atoms with Gasteiger partial charge in [0.15, 0.2) is 0 Å². The second-order valence-electron chi connectivity index (χ2n) is 2.47. The minimum absolute atomic E-state index is 0.0567. The van der Waals surface area contributed by atoms with E-state index in [-0.39, 0.29) is 18.1 Å². The molecule has 0 atom stereocenters. The Morgan fingerprint density at radius 3 is 2.50 bits per heavy atom. The van der Waals surface area contributed by atoms with Crippen molar-refractivity contribution in [2.75, 3.05) is 12.3 Å². The second-order valence-corrected chi connectivity index (χ2v) is 4.20. The maximum absolute atomic E-state index is 10.8. The summed E-state index contributed by atoms with van der Waals surface area (Å²) >= 11 is 0. The molecule has 5 nitrogen and oxygen atoms in total. The van der Waals surface area contributed by atoms with Crippen LogP contribution >= 0.6 is 0 Å². The van der Waals surface area contributed by atoms with E-state index in [0.717, 1.165) is 6.42 Å². The van der Waals surface area contributed by atoms with Gasteiger partial charge in [-0.25, -0.2) is 13.6 Å². The largest absolute Gasteiger partial charge is 0.356 e. The van der Waals surface area contributed by atoms with Gasteiger partial charge in [-0.05, 0) is 6.42 Å². The highest BCUT2D eigenvalue weighted by atomic mass is 32.2. The number of carbonyl (C=O) groups excluding carboxylic acids is 1. The Kier molecular flexibility index (Phi) is 4.84. The predicted molar refractivity (Wildman–Crippen MR) is 45.9 cm³/mol. The molecule has 0 spiro atoms. The maximum Gasteiger partial charge on any atom is 0.221 e. The zero-order valence-corrected chi connectivity index (χ0v) is 7.86. The fourth-order valence-electron chi connectivity index (χ4n) is 0.588. The minimum Gasteiger partial charge on any atom is -0.356 e. The van der Waals surface area contributed by atoms with E-state index in [1.54, 1.807) is 0 Å². The molecule has 0 aromatic carbocycles.